The van der Waals surface area contributed by atoms with Crippen LogP contribution in [0.2, 0.25) is 5.02 Å². The molecule has 3 nitrogen and oxygen atoms in total. The largest absolute Gasteiger partial charge is 0.369 e. The molecule has 0 amide bonds. The third-order valence-corrected chi connectivity index (χ3v) is 4.31. The minimum Gasteiger partial charge on any atom is -0.369 e. The molecule has 18 heavy (non-hydrogen) atoms. The van der Waals surface area contributed by atoms with Crippen LogP contribution in [0.4, 0.5) is 10.3 Å². The molecule has 5 heteroatoms. The second kappa shape index (κ2) is 3.85. The molecule has 1 saturated carbocycles. The Kier molecular flexibility index (Phi) is 2.52. The van der Waals surface area contributed by atoms with Gasteiger partial charge in [-0.25, -0.2) is 9.37 Å². The van der Waals surface area contributed by atoms with E-state index >= 15 is 0 Å². The van der Waals surface area contributed by atoms with Crippen LogP contribution in [0.3, 0.4) is 0 Å². The lowest BCUT2D eigenvalue weighted by atomic mass is 10.0. The summed E-state index contributed by atoms with van der Waals surface area (Å²) in [5.41, 5.74) is 7.65. The van der Waals surface area contributed by atoms with Gasteiger partial charge in [0.05, 0.1) is 16.1 Å². The van der Waals surface area contributed by atoms with Gasteiger partial charge in [-0.2, -0.15) is 0 Å². The monoisotopic (exact) mass is 267 g/mol. The van der Waals surface area contributed by atoms with Crippen LogP contribution in [-0.4, -0.2) is 9.55 Å². The highest BCUT2D eigenvalue weighted by atomic mass is 35.5. The average molecular weight is 268 g/mol. The fourth-order valence-corrected chi connectivity index (χ4v) is 2.60. The standard InChI is InChI=1S/C13H15ClFN3/c1-2-13(3-4-13)7-18-11-6-9(15)8(14)5-10(11)17-12(18)16/h5-6H,2-4,7H2,1H3,(H2,16,17). The first-order chi connectivity index (χ1) is 8.54. The summed E-state index contributed by atoms with van der Waals surface area (Å²) in [4.78, 5) is 4.25. The van der Waals surface area contributed by atoms with Crippen molar-refractivity contribution >= 4 is 28.6 Å². The van der Waals surface area contributed by atoms with Crippen molar-refractivity contribution in [3.8, 4) is 0 Å². The molecule has 1 aromatic carbocycles. The van der Waals surface area contributed by atoms with Crippen LogP contribution >= 0.6 is 11.6 Å². The Morgan fingerprint density at radius 1 is 1.50 bits per heavy atom. The van der Waals surface area contributed by atoms with Crippen LogP contribution in [-0.2, 0) is 6.54 Å². The van der Waals surface area contributed by atoms with Crippen LogP contribution < -0.4 is 5.73 Å². The number of nitrogens with zero attached hydrogens (tertiary/aromatic N) is 2. The van der Waals surface area contributed by atoms with Gasteiger partial charge in [-0.3, -0.25) is 0 Å². The maximum Gasteiger partial charge on any atom is 0.201 e. The van der Waals surface area contributed by atoms with Crippen molar-refractivity contribution in [3.63, 3.8) is 0 Å². The van der Waals surface area contributed by atoms with E-state index in [-0.39, 0.29) is 5.02 Å². The molecule has 1 aliphatic rings. The summed E-state index contributed by atoms with van der Waals surface area (Å²) in [6, 6.07) is 2.96. The normalized spacial score (nSPS) is 17.3. The highest BCUT2D eigenvalue weighted by molar-refractivity contribution is 6.31. The summed E-state index contributed by atoms with van der Waals surface area (Å²) in [5, 5.41) is 0.0868. The van der Waals surface area contributed by atoms with Gasteiger partial charge < -0.3 is 10.3 Å². The number of aromatic nitrogens is 2. The summed E-state index contributed by atoms with van der Waals surface area (Å²) in [5.74, 6) is 0.0121. The van der Waals surface area contributed by atoms with Crippen LogP contribution in [0.25, 0.3) is 11.0 Å². The van der Waals surface area contributed by atoms with Crippen molar-refractivity contribution in [3.05, 3.63) is 23.0 Å². The molecule has 96 valence electrons. The molecule has 0 atom stereocenters. The van der Waals surface area contributed by atoms with Crippen LogP contribution in [0, 0.1) is 11.2 Å². The van der Waals surface area contributed by atoms with E-state index in [0.29, 0.717) is 16.9 Å². The van der Waals surface area contributed by atoms with Crippen LogP contribution in [0.5, 0.6) is 0 Å². The second-order valence-electron chi connectivity index (χ2n) is 5.16. The molecule has 0 spiro atoms. The molecule has 0 radical (unpaired) electrons. The van der Waals surface area contributed by atoms with Crippen molar-refractivity contribution < 1.29 is 4.39 Å². The quantitative estimate of drug-likeness (QED) is 0.923. The molecule has 1 aromatic heterocycles. The van der Waals surface area contributed by atoms with Gasteiger partial charge in [0.2, 0.25) is 5.95 Å². The SMILES string of the molecule is CCC1(Cn2c(N)nc3cc(Cl)c(F)cc32)CC1. The fraction of sp³-hybridized carbons (Fsp3) is 0.462. The molecule has 0 bridgehead atoms. The Morgan fingerprint density at radius 2 is 2.22 bits per heavy atom. The van der Waals surface area contributed by atoms with Gasteiger partial charge in [0.25, 0.3) is 0 Å². The molecular weight excluding hydrogens is 253 g/mol. The molecule has 1 aliphatic carbocycles. The number of fused-ring (bicyclic) bond motifs is 1. The zero-order valence-electron chi connectivity index (χ0n) is 10.2. The van der Waals surface area contributed by atoms with Crippen molar-refractivity contribution in [2.24, 2.45) is 5.41 Å². The second-order valence-corrected chi connectivity index (χ2v) is 5.57. The van der Waals surface area contributed by atoms with Crippen LogP contribution in [0.1, 0.15) is 26.2 Å². The van der Waals surface area contributed by atoms with E-state index in [2.05, 4.69) is 11.9 Å². The summed E-state index contributed by atoms with van der Waals surface area (Å²) >= 11 is 5.76. The molecule has 2 aromatic rings. The predicted molar refractivity (Wildman–Crippen MR) is 71.1 cm³/mol. The summed E-state index contributed by atoms with van der Waals surface area (Å²) in [6.07, 6.45) is 3.53. The Morgan fingerprint density at radius 3 is 2.83 bits per heavy atom. The van der Waals surface area contributed by atoms with Gasteiger partial charge in [0.15, 0.2) is 0 Å². The topological polar surface area (TPSA) is 43.8 Å². The van der Waals surface area contributed by atoms with E-state index in [1.165, 1.54) is 25.0 Å². The molecule has 3 rings (SSSR count). The van der Waals surface area contributed by atoms with E-state index in [1.54, 1.807) is 0 Å². The Labute approximate surface area is 110 Å². The van der Waals surface area contributed by atoms with E-state index < -0.39 is 5.82 Å². The fourth-order valence-electron chi connectivity index (χ4n) is 2.44. The van der Waals surface area contributed by atoms with Gasteiger partial charge in [-0.1, -0.05) is 18.5 Å². The predicted octanol–water partition coefficient (Wildman–Crippen LogP) is 3.60. The first kappa shape index (κ1) is 11.8. The minimum atomic E-state index is -0.424. The van der Waals surface area contributed by atoms with Crippen LogP contribution in [0.15, 0.2) is 12.1 Å². The van der Waals surface area contributed by atoms with Gasteiger partial charge in [-0.05, 0) is 30.7 Å². The smallest absolute Gasteiger partial charge is 0.201 e. The zero-order valence-corrected chi connectivity index (χ0v) is 11.0. The van der Waals surface area contributed by atoms with Crippen molar-refractivity contribution in [1.82, 2.24) is 9.55 Å². The van der Waals surface area contributed by atoms with Crippen molar-refractivity contribution in [2.45, 2.75) is 32.7 Å². The maximum atomic E-state index is 13.6. The number of imidazole rings is 1. The highest BCUT2D eigenvalue weighted by Crippen LogP contribution is 2.50. The Bertz CT molecular complexity index is 616. The molecule has 1 heterocycles. The van der Waals surface area contributed by atoms with Crippen molar-refractivity contribution in [2.75, 3.05) is 5.73 Å². The Hall–Kier alpha value is -1.29. The number of rotatable bonds is 3. The third kappa shape index (κ3) is 1.75. The van der Waals surface area contributed by atoms with Gasteiger partial charge in [0.1, 0.15) is 5.82 Å². The number of nitrogen functional groups attached to an aromatic ring is 1. The molecular formula is C13H15ClFN3. The first-order valence-corrected chi connectivity index (χ1v) is 6.53. The number of anilines is 1. The molecule has 0 aliphatic heterocycles. The average Bonchev–Trinajstić information content (AvgIpc) is 3.05. The summed E-state index contributed by atoms with van der Waals surface area (Å²) in [7, 11) is 0. The van der Waals surface area contributed by atoms with E-state index in [4.69, 9.17) is 17.3 Å². The first-order valence-electron chi connectivity index (χ1n) is 6.15. The van der Waals surface area contributed by atoms with E-state index in [1.807, 2.05) is 4.57 Å². The molecule has 0 saturated heterocycles. The van der Waals surface area contributed by atoms with Gasteiger partial charge in [-0.15, -0.1) is 0 Å². The van der Waals surface area contributed by atoms with E-state index in [0.717, 1.165) is 18.5 Å². The lowest BCUT2D eigenvalue weighted by Crippen LogP contribution is -2.13. The number of nitrogens with two attached hydrogens (primary N) is 1. The number of hydrogen-bond acceptors (Lipinski definition) is 2. The number of benzene rings is 1. The molecule has 0 unspecified atom stereocenters. The summed E-state index contributed by atoms with van der Waals surface area (Å²) in [6.45, 7) is 2.99. The zero-order chi connectivity index (χ0) is 12.9. The number of hydrogen-bond donors (Lipinski definition) is 1. The van der Waals surface area contributed by atoms with Gasteiger partial charge >= 0.3 is 0 Å². The maximum absolute atomic E-state index is 13.6. The van der Waals surface area contributed by atoms with E-state index in [9.17, 15) is 4.39 Å². The van der Waals surface area contributed by atoms with Gasteiger partial charge in [0, 0.05) is 12.6 Å². The third-order valence-electron chi connectivity index (χ3n) is 4.02. The van der Waals surface area contributed by atoms with Crippen molar-refractivity contribution in [1.29, 1.82) is 0 Å². The highest BCUT2D eigenvalue weighted by Gasteiger charge is 2.41. The number of halogens is 2. The minimum absolute atomic E-state index is 0.0868. The lowest BCUT2D eigenvalue weighted by molar-refractivity contribution is 0.418. The lowest BCUT2D eigenvalue weighted by Gasteiger charge is -2.15. The Balaban J connectivity index is 2.10. The summed E-state index contributed by atoms with van der Waals surface area (Å²) < 4.78 is 15.5. The molecule has 2 N–H and O–H groups in total. The molecule has 1 fully saturated rings.